The molecule has 0 amide bonds. The molecule has 2 rings (SSSR count). The fourth-order valence-electron chi connectivity index (χ4n) is 1.72. The van der Waals surface area contributed by atoms with Crippen LogP contribution in [-0.2, 0) is 14.8 Å². The predicted octanol–water partition coefficient (Wildman–Crippen LogP) is 0.755. The lowest BCUT2D eigenvalue weighted by Gasteiger charge is -2.09. The van der Waals surface area contributed by atoms with Crippen molar-refractivity contribution in [2.45, 2.75) is 17.7 Å². The average molecular weight is 285 g/mol. The van der Waals surface area contributed by atoms with Gasteiger partial charge in [-0.1, -0.05) is 0 Å². The van der Waals surface area contributed by atoms with Crippen molar-refractivity contribution in [1.82, 2.24) is 0 Å². The van der Waals surface area contributed by atoms with Gasteiger partial charge in [-0.3, -0.25) is 0 Å². The van der Waals surface area contributed by atoms with Crippen LogP contribution in [0.25, 0.3) is 0 Å². The number of nitrogens with one attached hydrogen (secondary N) is 1. The minimum Gasteiger partial charge on any atom is -0.398 e. The number of ether oxygens (including phenoxy) is 1. The number of rotatable bonds is 7. The van der Waals surface area contributed by atoms with Crippen molar-refractivity contribution in [3.63, 3.8) is 0 Å². The first kappa shape index (κ1) is 14.1. The monoisotopic (exact) mass is 285 g/mol. The van der Waals surface area contributed by atoms with E-state index in [0.29, 0.717) is 13.2 Å². The molecule has 0 aliphatic heterocycles. The van der Waals surface area contributed by atoms with Crippen molar-refractivity contribution >= 4 is 21.4 Å². The zero-order valence-corrected chi connectivity index (χ0v) is 11.4. The zero-order valence-electron chi connectivity index (χ0n) is 10.6. The van der Waals surface area contributed by atoms with E-state index in [1.807, 2.05) is 0 Å². The van der Waals surface area contributed by atoms with Gasteiger partial charge in [-0.2, -0.15) is 0 Å². The summed E-state index contributed by atoms with van der Waals surface area (Å²) in [6.45, 7) is 2.10. The Balaban J connectivity index is 1.82. The summed E-state index contributed by atoms with van der Waals surface area (Å²) in [5.74, 6) is 0.754. The molecule has 7 heteroatoms. The number of nitrogens with two attached hydrogens (primary N) is 2. The zero-order chi connectivity index (χ0) is 13.9. The van der Waals surface area contributed by atoms with Gasteiger partial charge in [0.1, 0.15) is 4.90 Å². The third kappa shape index (κ3) is 4.38. The van der Waals surface area contributed by atoms with Gasteiger partial charge in [0.05, 0.1) is 12.3 Å². The first-order valence-corrected chi connectivity index (χ1v) is 7.75. The number of hydrogen-bond donors (Lipinski definition) is 3. The molecule has 19 heavy (non-hydrogen) atoms. The Kier molecular flexibility index (Phi) is 4.28. The van der Waals surface area contributed by atoms with Crippen LogP contribution in [0.15, 0.2) is 23.1 Å². The summed E-state index contributed by atoms with van der Waals surface area (Å²) in [5, 5.41) is 8.15. The Morgan fingerprint density at radius 2 is 2.11 bits per heavy atom. The Bertz CT molecular complexity index is 541. The summed E-state index contributed by atoms with van der Waals surface area (Å²) >= 11 is 0. The fourth-order valence-corrected chi connectivity index (χ4v) is 2.36. The molecule has 0 bridgehead atoms. The van der Waals surface area contributed by atoms with Crippen LogP contribution in [0.4, 0.5) is 11.4 Å². The lowest BCUT2D eigenvalue weighted by atomic mass is 10.3. The topological polar surface area (TPSA) is 107 Å². The van der Waals surface area contributed by atoms with E-state index in [-0.39, 0.29) is 10.6 Å². The normalized spacial score (nSPS) is 15.4. The van der Waals surface area contributed by atoms with Gasteiger partial charge in [-0.05, 0) is 37.0 Å². The van der Waals surface area contributed by atoms with Crippen molar-refractivity contribution in [2.75, 3.05) is 30.8 Å². The first-order valence-electron chi connectivity index (χ1n) is 6.21. The molecular weight excluding hydrogens is 266 g/mol. The van der Waals surface area contributed by atoms with E-state index in [1.165, 1.54) is 18.9 Å². The van der Waals surface area contributed by atoms with E-state index in [0.717, 1.165) is 18.2 Å². The van der Waals surface area contributed by atoms with E-state index in [2.05, 4.69) is 5.32 Å². The Morgan fingerprint density at radius 1 is 1.37 bits per heavy atom. The maximum Gasteiger partial charge on any atom is 0.240 e. The lowest BCUT2D eigenvalue weighted by Crippen LogP contribution is -2.15. The van der Waals surface area contributed by atoms with Crippen molar-refractivity contribution in [3.8, 4) is 0 Å². The lowest BCUT2D eigenvalue weighted by molar-refractivity contribution is 0.134. The molecule has 1 aliphatic rings. The molecule has 1 saturated carbocycles. The molecule has 1 aromatic carbocycles. The fraction of sp³-hybridized carbons (Fsp3) is 0.500. The molecule has 1 fully saturated rings. The van der Waals surface area contributed by atoms with Crippen molar-refractivity contribution in [3.05, 3.63) is 18.2 Å². The third-order valence-corrected chi connectivity index (χ3v) is 3.93. The second-order valence-corrected chi connectivity index (χ2v) is 6.27. The highest BCUT2D eigenvalue weighted by Crippen LogP contribution is 2.28. The van der Waals surface area contributed by atoms with E-state index in [4.69, 9.17) is 15.6 Å². The second kappa shape index (κ2) is 5.77. The molecule has 5 N–H and O–H groups in total. The molecule has 0 radical (unpaired) electrons. The smallest absolute Gasteiger partial charge is 0.240 e. The largest absolute Gasteiger partial charge is 0.398 e. The third-order valence-electron chi connectivity index (χ3n) is 2.94. The molecule has 0 atom stereocenters. The van der Waals surface area contributed by atoms with Gasteiger partial charge in [0.2, 0.25) is 10.0 Å². The summed E-state index contributed by atoms with van der Waals surface area (Å²) < 4.78 is 27.9. The quantitative estimate of drug-likeness (QED) is 0.506. The predicted molar refractivity (Wildman–Crippen MR) is 74.3 cm³/mol. The summed E-state index contributed by atoms with van der Waals surface area (Å²) in [7, 11) is -3.76. The van der Waals surface area contributed by atoms with Crippen LogP contribution in [0.3, 0.4) is 0 Å². The Labute approximate surface area is 113 Å². The van der Waals surface area contributed by atoms with E-state index < -0.39 is 10.0 Å². The molecule has 0 aromatic heterocycles. The molecular formula is C12H19N3O3S. The van der Waals surface area contributed by atoms with Gasteiger partial charge in [0.15, 0.2) is 0 Å². The number of anilines is 2. The molecule has 0 saturated heterocycles. The van der Waals surface area contributed by atoms with Crippen LogP contribution >= 0.6 is 0 Å². The van der Waals surface area contributed by atoms with E-state index in [9.17, 15) is 8.42 Å². The minimum absolute atomic E-state index is 0.0527. The standard InChI is InChI=1S/C12H19N3O3S/c13-11-7-10(3-4-12(11)19(14,16)17)15-5-6-18-8-9-1-2-9/h3-4,7,9,15H,1-2,5-6,8,13H2,(H2,14,16,17). The van der Waals surface area contributed by atoms with Crippen LogP contribution in [0.1, 0.15) is 12.8 Å². The van der Waals surface area contributed by atoms with Gasteiger partial charge in [-0.25, -0.2) is 13.6 Å². The number of benzene rings is 1. The average Bonchev–Trinajstić information content (AvgIpc) is 3.11. The molecule has 1 aliphatic carbocycles. The first-order chi connectivity index (χ1) is 8.97. The maximum atomic E-state index is 11.2. The summed E-state index contributed by atoms with van der Waals surface area (Å²) in [5.41, 5.74) is 6.55. The van der Waals surface area contributed by atoms with Crippen LogP contribution < -0.4 is 16.2 Å². The van der Waals surface area contributed by atoms with Crippen LogP contribution in [-0.4, -0.2) is 28.2 Å². The highest BCUT2D eigenvalue weighted by molar-refractivity contribution is 7.89. The molecule has 0 unspecified atom stereocenters. The number of sulfonamides is 1. The molecule has 106 valence electrons. The maximum absolute atomic E-state index is 11.2. The van der Waals surface area contributed by atoms with E-state index >= 15 is 0 Å². The summed E-state index contributed by atoms with van der Waals surface area (Å²) in [6, 6.07) is 4.59. The van der Waals surface area contributed by atoms with Crippen LogP contribution in [0.5, 0.6) is 0 Å². The minimum atomic E-state index is -3.76. The molecule has 0 spiro atoms. The van der Waals surface area contributed by atoms with Crippen molar-refractivity contribution in [1.29, 1.82) is 0 Å². The molecule has 0 heterocycles. The number of primary sulfonamides is 1. The SMILES string of the molecule is Nc1cc(NCCOCC2CC2)ccc1S(N)(=O)=O. The summed E-state index contributed by atoms with van der Waals surface area (Å²) in [6.07, 6.45) is 2.55. The van der Waals surface area contributed by atoms with Gasteiger partial charge < -0.3 is 15.8 Å². The van der Waals surface area contributed by atoms with Gasteiger partial charge in [-0.15, -0.1) is 0 Å². The number of hydrogen-bond acceptors (Lipinski definition) is 5. The van der Waals surface area contributed by atoms with Crippen LogP contribution in [0.2, 0.25) is 0 Å². The molecule has 6 nitrogen and oxygen atoms in total. The Hall–Kier alpha value is -1.31. The van der Waals surface area contributed by atoms with Gasteiger partial charge >= 0.3 is 0 Å². The van der Waals surface area contributed by atoms with E-state index in [1.54, 1.807) is 12.1 Å². The van der Waals surface area contributed by atoms with Gasteiger partial charge in [0, 0.05) is 18.8 Å². The van der Waals surface area contributed by atoms with Gasteiger partial charge in [0.25, 0.3) is 0 Å². The van der Waals surface area contributed by atoms with Crippen LogP contribution in [0, 0.1) is 5.92 Å². The second-order valence-electron chi connectivity index (χ2n) is 4.74. The molecule has 1 aromatic rings. The van der Waals surface area contributed by atoms with Crippen molar-refractivity contribution in [2.24, 2.45) is 11.1 Å². The summed E-state index contributed by atoms with van der Waals surface area (Å²) in [4.78, 5) is -0.0527. The number of nitrogen functional groups attached to an aromatic ring is 1. The Morgan fingerprint density at radius 3 is 2.68 bits per heavy atom. The highest BCUT2D eigenvalue weighted by atomic mass is 32.2. The highest BCUT2D eigenvalue weighted by Gasteiger charge is 2.20. The van der Waals surface area contributed by atoms with Crippen molar-refractivity contribution < 1.29 is 13.2 Å².